The lowest BCUT2D eigenvalue weighted by molar-refractivity contribution is 0.199. The third-order valence-corrected chi connectivity index (χ3v) is 5.46. The highest BCUT2D eigenvalue weighted by Gasteiger charge is 2.23. The van der Waals surface area contributed by atoms with E-state index < -0.39 is 0 Å². The Bertz CT molecular complexity index is 581. The summed E-state index contributed by atoms with van der Waals surface area (Å²) in [6, 6.07) is 0. The van der Waals surface area contributed by atoms with Crippen LogP contribution in [-0.4, -0.2) is 43.3 Å². The average molecular weight is 333 g/mol. The van der Waals surface area contributed by atoms with Gasteiger partial charge in [0.2, 0.25) is 6.39 Å². The van der Waals surface area contributed by atoms with Crippen LogP contribution in [-0.2, 0) is 6.54 Å². The highest BCUT2D eigenvalue weighted by molar-refractivity contribution is 7.99. The molecule has 3 rings (SSSR count). The Morgan fingerprint density at radius 2 is 2.00 bits per heavy atom. The number of nitrogens with zero attached hydrogens (tertiary/aromatic N) is 5. The molecule has 6 nitrogen and oxygen atoms in total. The van der Waals surface area contributed by atoms with Gasteiger partial charge in [-0.2, -0.15) is 4.98 Å². The number of piperidine rings is 1. The summed E-state index contributed by atoms with van der Waals surface area (Å²) in [6.07, 6.45) is 8.61. The minimum Gasteiger partial charge on any atom is -0.343 e. The molecule has 0 spiro atoms. The summed E-state index contributed by atoms with van der Waals surface area (Å²) in [5.41, 5.74) is 1.18. The minimum atomic E-state index is 0.426. The van der Waals surface area contributed by atoms with Crippen molar-refractivity contribution < 1.29 is 4.52 Å². The number of hydrogen-bond acceptors (Lipinski definition) is 7. The lowest BCUT2D eigenvalue weighted by Gasteiger charge is -2.30. The number of rotatable bonds is 6. The Morgan fingerprint density at radius 3 is 2.61 bits per heavy atom. The van der Waals surface area contributed by atoms with Gasteiger partial charge in [-0.15, -0.1) is 0 Å². The minimum absolute atomic E-state index is 0.426. The Balaban J connectivity index is 1.48. The van der Waals surface area contributed by atoms with Crippen molar-refractivity contribution >= 4 is 11.8 Å². The number of aromatic nitrogens is 4. The van der Waals surface area contributed by atoms with Crippen LogP contribution in [0.1, 0.15) is 50.4 Å². The van der Waals surface area contributed by atoms with Gasteiger partial charge in [0.1, 0.15) is 0 Å². The molecule has 3 heterocycles. The van der Waals surface area contributed by atoms with Crippen LogP contribution < -0.4 is 0 Å². The van der Waals surface area contributed by atoms with Crippen LogP contribution in [0.2, 0.25) is 0 Å². The van der Waals surface area contributed by atoms with Crippen LogP contribution in [0.3, 0.4) is 0 Å². The fraction of sp³-hybridized carbons (Fsp3) is 0.625. The van der Waals surface area contributed by atoms with Gasteiger partial charge < -0.3 is 4.52 Å². The number of likely N-dealkylation sites (tertiary alicyclic amines) is 1. The van der Waals surface area contributed by atoms with Gasteiger partial charge in [-0.25, -0.2) is 9.97 Å². The molecule has 2 aromatic heterocycles. The first kappa shape index (κ1) is 16.4. The van der Waals surface area contributed by atoms with E-state index in [1.54, 1.807) is 11.8 Å². The molecule has 1 saturated heterocycles. The maximum Gasteiger partial charge on any atom is 0.213 e. The second-order valence-electron chi connectivity index (χ2n) is 6.05. The second kappa shape index (κ2) is 7.88. The van der Waals surface area contributed by atoms with E-state index in [-0.39, 0.29) is 0 Å². The first-order chi connectivity index (χ1) is 11.2. The van der Waals surface area contributed by atoms with Crippen LogP contribution >= 0.6 is 11.8 Å². The molecule has 2 aromatic rings. The van der Waals surface area contributed by atoms with Crippen molar-refractivity contribution in [2.45, 2.75) is 56.0 Å². The molecule has 7 heteroatoms. The zero-order valence-corrected chi connectivity index (χ0v) is 14.5. The van der Waals surface area contributed by atoms with E-state index >= 15 is 0 Å². The molecular formula is C16H23N5OS. The van der Waals surface area contributed by atoms with Gasteiger partial charge in [0.25, 0.3) is 0 Å². The fourth-order valence-electron chi connectivity index (χ4n) is 2.71. The summed E-state index contributed by atoms with van der Waals surface area (Å²) in [5.74, 6) is 1.27. The van der Waals surface area contributed by atoms with E-state index in [1.165, 1.54) is 12.0 Å². The van der Waals surface area contributed by atoms with E-state index in [0.29, 0.717) is 11.2 Å². The third kappa shape index (κ3) is 4.51. The summed E-state index contributed by atoms with van der Waals surface area (Å²) < 4.78 is 4.84. The van der Waals surface area contributed by atoms with E-state index in [4.69, 9.17) is 4.52 Å². The molecule has 1 atom stereocenters. The van der Waals surface area contributed by atoms with Crippen LogP contribution in [0.4, 0.5) is 0 Å². The standard InChI is InChI=1S/C16H23N5OS/c1-3-12(2)23-16-17-8-13(9-18-16)10-21-6-4-14(5-7-21)15-19-11-22-20-15/h8-9,11-12,14H,3-7,10H2,1-2H3. The van der Waals surface area contributed by atoms with Crippen LogP contribution in [0, 0.1) is 0 Å². The largest absolute Gasteiger partial charge is 0.343 e. The van der Waals surface area contributed by atoms with Crippen LogP contribution in [0.25, 0.3) is 0 Å². The first-order valence-corrected chi connectivity index (χ1v) is 9.08. The monoisotopic (exact) mass is 333 g/mol. The van der Waals surface area contributed by atoms with Gasteiger partial charge in [-0.05, 0) is 32.4 Å². The molecule has 124 valence electrons. The molecule has 1 fully saturated rings. The SMILES string of the molecule is CCC(C)Sc1ncc(CN2CCC(c3ncon3)CC2)cn1. The first-order valence-electron chi connectivity index (χ1n) is 8.20. The van der Waals surface area contributed by atoms with Gasteiger partial charge in [0.15, 0.2) is 11.0 Å². The molecule has 0 N–H and O–H groups in total. The van der Waals surface area contributed by atoms with Gasteiger partial charge in [-0.3, -0.25) is 4.90 Å². The summed E-state index contributed by atoms with van der Waals surface area (Å²) in [5, 5.41) is 5.40. The van der Waals surface area contributed by atoms with Crippen LogP contribution in [0.5, 0.6) is 0 Å². The van der Waals surface area contributed by atoms with Gasteiger partial charge >= 0.3 is 0 Å². The Kier molecular flexibility index (Phi) is 5.61. The van der Waals surface area contributed by atoms with E-state index in [0.717, 1.165) is 49.9 Å². The molecule has 0 bridgehead atoms. The summed E-state index contributed by atoms with van der Waals surface area (Å²) >= 11 is 1.74. The molecule has 23 heavy (non-hydrogen) atoms. The van der Waals surface area contributed by atoms with Crippen molar-refractivity contribution in [1.29, 1.82) is 0 Å². The molecule has 0 radical (unpaired) electrons. The maximum absolute atomic E-state index is 4.84. The average Bonchev–Trinajstić information content (AvgIpc) is 3.12. The Labute approximate surface area is 141 Å². The van der Waals surface area contributed by atoms with E-state index in [2.05, 4.69) is 38.9 Å². The number of hydrogen-bond donors (Lipinski definition) is 0. The molecule has 1 aliphatic heterocycles. The number of thioether (sulfide) groups is 1. The predicted molar refractivity (Wildman–Crippen MR) is 89.2 cm³/mol. The van der Waals surface area contributed by atoms with Gasteiger partial charge in [0, 0.05) is 35.7 Å². The molecule has 0 amide bonds. The lowest BCUT2D eigenvalue weighted by Crippen LogP contribution is -2.32. The molecule has 1 aliphatic rings. The summed E-state index contributed by atoms with van der Waals surface area (Å²) in [4.78, 5) is 15.6. The van der Waals surface area contributed by atoms with Crippen molar-refractivity contribution in [3.8, 4) is 0 Å². The Hall–Kier alpha value is -1.47. The van der Waals surface area contributed by atoms with Crippen molar-refractivity contribution in [3.63, 3.8) is 0 Å². The lowest BCUT2D eigenvalue weighted by atomic mass is 9.96. The second-order valence-corrected chi connectivity index (χ2v) is 7.46. The molecule has 1 unspecified atom stereocenters. The van der Waals surface area contributed by atoms with E-state index in [9.17, 15) is 0 Å². The topological polar surface area (TPSA) is 67.9 Å². The quantitative estimate of drug-likeness (QED) is 0.594. The van der Waals surface area contributed by atoms with Crippen LogP contribution in [0.15, 0.2) is 28.5 Å². The Morgan fingerprint density at radius 1 is 1.26 bits per heavy atom. The maximum atomic E-state index is 4.84. The summed E-state index contributed by atoms with van der Waals surface area (Å²) in [6.45, 7) is 7.39. The predicted octanol–water partition coefficient (Wildman–Crippen LogP) is 3.13. The zero-order valence-electron chi connectivity index (χ0n) is 13.7. The highest BCUT2D eigenvalue weighted by Crippen LogP contribution is 2.26. The fourth-order valence-corrected chi connectivity index (χ4v) is 3.47. The van der Waals surface area contributed by atoms with Crippen molar-refractivity contribution in [3.05, 3.63) is 30.2 Å². The van der Waals surface area contributed by atoms with Gasteiger partial charge in [0.05, 0.1) is 0 Å². The highest BCUT2D eigenvalue weighted by atomic mass is 32.2. The smallest absolute Gasteiger partial charge is 0.213 e. The normalized spacial score (nSPS) is 18.2. The van der Waals surface area contributed by atoms with E-state index in [1.807, 2.05) is 12.4 Å². The zero-order chi connectivity index (χ0) is 16.1. The van der Waals surface area contributed by atoms with Crippen molar-refractivity contribution in [1.82, 2.24) is 25.0 Å². The third-order valence-electron chi connectivity index (χ3n) is 4.30. The molecule has 0 aliphatic carbocycles. The van der Waals surface area contributed by atoms with Crippen molar-refractivity contribution in [2.24, 2.45) is 0 Å². The molecular weight excluding hydrogens is 310 g/mol. The van der Waals surface area contributed by atoms with Gasteiger partial charge in [-0.1, -0.05) is 30.8 Å². The molecule has 0 aromatic carbocycles. The van der Waals surface area contributed by atoms with Crippen molar-refractivity contribution in [2.75, 3.05) is 13.1 Å². The summed E-state index contributed by atoms with van der Waals surface area (Å²) in [7, 11) is 0. The molecule has 0 saturated carbocycles.